The van der Waals surface area contributed by atoms with Gasteiger partial charge >= 0.3 is 0 Å². The summed E-state index contributed by atoms with van der Waals surface area (Å²) in [5.41, 5.74) is 0. The maximum absolute atomic E-state index is 3.78. The Morgan fingerprint density at radius 1 is 1.40 bits per heavy atom. The van der Waals surface area contributed by atoms with Gasteiger partial charge in [0.05, 0.1) is 0 Å². The Morgan fingerprint density at radius 3 is 2.87 bits per heavy atom. The highest BCUT2D eigenvalue weighted by atomic mass is 32.1. The number of hydrogen-bond acceptors (Lipinski definition) is 2. The van der Waals surface area contributed by atoms with E-state index >= 15 is 0 Å². The molecule has 0 radical (unpaired) electrons. The van der Waals surface area contributed by atoms with Gasteiger partial charge in [-0.2, -0.15) is 0 Å². The lowest BCUT2D eigenvalue weighted by molar-refractivity contribution is 0.264. The van der Waals surface area contributed by atoms with Crippen molar-refractivity contribution in [2.45, 2.75) is 51.6 Å². The van der Waals surface area contributed by atoms with Crippen molar-refractivity contribution in [2.24, 2.45) is 5.92 Å². The molecular weight excluding hydrogens is 202 g/mol. The van der Waals surface area contributed by atoms with Gasteiger partial charge in [0, 0.05) is 17.0 Å². The van der Waals surface area contributed by atoms with Crippen molar-refractivity contribution in [1.82, 2.24) is 5.32 Å². The molecule has 15 heavy (non-hydrogen) atoms. The zero-order chi connectivity index (χ0) is 10.7. The van der Waals surface area contributed by atoms with Crippen LogP contribution in [0.25, 0.3) is 0 Å². The maximum Gasteiger partial charge on any atom is 0.0388 e. The highest BCUT2D eigenvalue weighted by molar-refractivity contribution is 7.10. The molecule has 1 aromatic rings. The highest BCUT2D eigenvalue weighted by Gasteiger charge is 2.22. The zero-order valence-corrected chi connectivity index (χ0v) is 10.5. The summed E-state index contributed by atoms with van der Waals surface area (Å²) < 4.78 is 0. The van der Waals surface area contributed by atoms with Crippen LogP contribution >= 0.6 is 11.3 Å². The van der Waals surface area contributed by atoms with Crippen molar-refractivity contribution < 1.29 is 0 Å². The third-order valence-corrected chi connectivity index (χ3v) is 4.60. The molecule has 0 spiro atoms. The topological polar surface area (TPSA) is 12.0 Å². The standard InChI is InChI=1S/C13H21NS/c1-10-6-3-4-7-12(10)14-11(2)13-8-5-9-15-13/h5,8-12,14H,3-4,6-7H2,1-2H3/t10-,11+,12+/m1/s1. The van der Waals surface area contributed by atoms with Crippen molar-refractivity contribution in [3.8, 4) is 0 Å². The lowest BCUT2D eigenvalue weighted by Gasteiger charge is -2.32. The minimum atomic E-state index is 0.524. The summed E-state index contributed by atoms with van der Waals surface area (Å²) in [6, 6.07) is 5.63. The van der Waals surface area contributed by atoms with Crippen molar-refractivity contribution in [3.63, 3.8) is 0 Å². The Labute approximate surface area is 96.9 Å². The largest absolute Gasteiger partial charge is 0.306 e. The highest BCUT2D eigenvalue weighted by Crippen LogP contribution is 2.27. The first kappa shape index (κ1) is 11.2. The molecule has 0 aromatic carbocycles. The molecule has 0 aliphatic heterocycles. The van der Waals surface area contributed by atoms with Gasteiger partial charge in [-0.25, -0.2) is 0 Å². The summed E-state index contributed by atoms with van der Waals surface area (Å²) >= 11 is 1.86. The Morgan fingerprint density at radius 2 is 2.20 bits per heavy atom. The van der Waals surface area contributed by atoms with Crippen molar-refractivity contribution >= 4 is 11.3 Å². The lowest BCUT2D eigenvalue weighted by atomic mass is 9.85. The van der Waals surface area contributed by atoms with Gasteiger partial charge in [-0.3, -0.25) is 0 Å². The van der Waals surface area contributed by atoms with Crippen LogP contribution in [-0.2, 0) is 0 Å². The molecule has 2 rings (SSSR count). The summed E-state index contributed by atoms with van der Waals surface area (Å²) in [6.45, 7) is 4.67. The molecule has 1 aliphatic rings. The smallest absolute Gasteiger partial charge is 0.0388 e. The summed E-state index contributed by atoms with van der Waals surface area (Å²) in [7, 11) is 0. The number of rotatable bonds is 3. The summed E-state index contributed by atoms with van der Waals surface area (Å²) in [4.78, 5) is 1.47. The van der Waals surface area contributed by atoms with Crippen LogP contribution in [0.2, 0.25) is 0 Å². The molecule has 1 heterocycles. The fourth-order valence-electron chi connectivity index (χ4n) is 2.50. The average molecular weight is 223 g/mol. The Hall–Kier alpha value is -0.340. The van der Waals surface area contributed by atoms with Gasteiger partial charge in [0.15, 0.2) is 0 Å². The molecule has 1 saturated carbocycles. The molecule has 1 aliphatic carbocycles. The molecule has 1 nitrogen and oxygen atoms in total. The van der Waals surface area contributed by atoms with E-state index in [1.54, 1.807) is 0 Å². The van der Waals surface area contributed by atoms with Crippen molar-refractivity contribution in [3.05, 3.63) is 22.4 Å². The van der Waals surface area contributed by atoms with Crippen LogP contribution in [0.3, 0.4) is 0 Å². The zero-order valence-electron chi connectivity index (χ0n) is 9.70. The Bertz CT molecular complexity index is 281. The molecule has 2 heteroatoms. The molecule has 0 bridgehead atoms. The third-order valence-electron chi connectivity index (χ3n) is 3.55. The van der Waals surface area contributed by atoms with Gasteiger partial charge in [0.1, 0.15) is 0 Å². The van der Waals surface area contributed by atoms with E-state index in [4.69, 9.17) is 0 Å². The molecule has 0 saturated heterocycles. The van der Waals surface area contributed by atoms with E-state index in [0.29, 0.717) is 6.04 Å². The number of hydrogen-bond donors (Lipinski definition) is 1. The van der Waals surface area contributed by atoms with E-state index in [1.165, 1.54) is 30.6 Å². The molecule has 1 fully saturated rings. The first-order chi connectivity index (χ1) is 7.27. The molecule has 0 amide bonds. The molecule has 84 valence electrons. The second kappa shape index (κ2) is 5.13. The second-order valence-electron chi connectivity index (χ2n) is 4.77. The van der Waals surface area contributed by atoms with E-state index in [1.807, 2.05) is 11.3 Å². The second-order valence-corrected chi connectivity index (χ2v) is 5.75. The molecule has 1 aromatic heterocycles. The van der Waals surface area contributed by atoms with E-state index in [0.717, 1.165) is 12.0 Å². The fraction of sp³-hybridized carbons (Fsp3) is 0.692. The molecule has 1 N–H and O–H groups in total. The number of thiophene rings is 1. The number of nitrogens with one attached hydrogen (secondary N) is 1. The first-order valence-electron chi connectivity index (χ1n) is 6.07. The Kier molecular flexibility index (Phi) is 3.81. The van der Waals surface area contributed by atoms with Crippen LogP contribution < -0.4 is 5.32 Å². The van der Waals surface area contributed by atoms with Crippen LogP contribution in [0.15, 0.2) is 17.5 Å². The van der Waals surface area contributed by atoms with Gasteiger partial charge in [0.2, 0.25) is 0 Å². The van der Waals surface area contributed by atoms with E-state index in [9.17, 15) is 0 Å². The van der Waals surface area contributed by atoms with Crippen molar-refractivity contribution in [2.75, 3.05) is 0 Å². The normalized spacial score (nSPS) is 28.9. The molecule has 3 atom stereocenters. The summed E-state index contributed by atoms with van der Waals surface area (Å²) in [5.74, 6) is 0.848. The summed E-state index contributed by atoms with van der Waals surface area (Å²) in [6.07, 6.45) is 5.58. The average Bonchev–Trinajstić information content (AvgIpc) is 2.74. The van der Waals surface area contributed by atoms with Crippen LogP contribution in [0.5, 0.6) is 0 Å². The monoisotopic (exact) mass is 223 g/mol. The van der Waals surface area contributed by atoms with Crippen LogP contribution in [0.4, 0.5) is 0 Å². The minimum absolute atomic E-state index is 0.524. The summed E-state index contributed by atoms with van der Waals surface area (Å²) in [5, 5.41) is 5.95. The third kappa shape index (κ3) is 2.82. The Balaban J connectivity index is 1.90. The van der Waals surface area contributed by atoms with Gasteiger partial charge in [-0.1, -0.05) is 25.8 Å². The SMILES string of the molecule is C[C@H](N[C@H]1CCCC[C@H]1C)c1cccs1. The molecule has 0 unspecified atom stereocenters. The maximum atomic E-state index is 3.78. The van der Waals surface area contributed by atoms with Gasteiger partial charge < -0.3 is 5.32 Å². The van der Waals surface area contributed by atoms with E-state index in [-0.39, 0.29) is 0 Å². The van der Waals surface area contributed by atoms with Crippen molar-refractivity contribution in [1.29, 1.82) is 0 Å². The van der Waals surface area contributed by atoms with Crippen LogP contribution in [0.1, 0.15) is 50.4 Å². The van der Waals surface area contributed by atoms with Crippen LogP contribution in [0, 0.1) is 5.92 Å². The van der Waals surface area contributed by atoms with Gasteiger partial charge in [-0.05, 0) is 37.1 Å². The first-order valence-corrected chi connectivity index (χ1v) is 6.95. The quantitative estimate of drug-likeness (QED) is 0.817. The fourth-order valence-corrected chi connectivity index (χ4v) is 3.25. The lowest BCUT2D eigenvalue weighted by Crippen LogP contribution is -2.38. The van der Waals surface area contributed by atoms with Gasteiger partial charge in [0.25, 0.3) is 0 Å². The minimum Gasteiger partial charge on any atom is -0.306 e. The van der Waals surface area contributed by atoms with E-state index < -0.39 is 0 Å². The van der Waals surface area contributed by atoms with Gasteiger partial charge in [-0.15, -0.1) is 11.3 Å². The van der Waals surface area contributed by atoms with Crippen LogP contribution in [-0.4, -0.2) is 6.04 Å². The molecular formula is C13H21NS. The van der Waals surface area contributed by atoms with E-state index in [2.05, 4.69) is 36.7 Å². The predicted octanol–water partition coefficient (Wildman–Crippen LogP) is 3.98. The predicted molar refractivity (Wildman–Crippen MR) is 67.3 cm³/mol.